The molecule has 3 aromatic rings. The van der Waals surface area contributed by atoms with Gasteiger partial charge in [-0.1, -0.05) is 29.4 Å². The maximum Gasteiger partial charge on any atom is 0.313 e. The molecular weight excluding hydrogens is 406 g/mol. The van der Waals surface area contributed by atoms with E-state index >= 15 is 0 Å². The highest BCUT2D eigenvalue weighted by Crippen LogP contribution is 2.34. The van der Waals surface area contributed by atoms with E-state index < -0.39 is 5.97 Å². The molecule has 6 nitrogen and oxygen atoms in total. The minimum absolute atomic E-state index is 0.169. The Morgan fingerprint density at radius 1 is 1.44 bits per heavy atom. The molecule has 0 saturated heterocycles. The van der Waals surface area contributed by atoms with Crippen LogP contribution in [0.25, 0.3) is 15.9 Å². The number of carbonyl (C=O) groups is 1. The van der Waals surface area contributed by atoms with E-state index in [2.05, 4.69) is 16.9 Å². The summed E-state index contributed by atoms with van der Waals surface area (Å²) in [5.41, 5.74) is 1.48. The number of aliphatic carboxylic acids is 1. The first-order valence-corrected chi connectivity index (χ1v) is 10.5. The van der Waals surface area contributed by atoms with Gasteiger partial charge in [-0.15, -0.1) is 11.3 Å². The molecule has 0 saturated carbocycles. The molecule has 1 aliphatic rings. The van der Waals surface area contributed by atoms with Gasteiger partial charge in [-0.25, -0.2) is 4.98 Å². The van der Waals surface area contributed by atoms with Gasteiger partial charge in [0.15, 0.2) is 5.16 Å². The standard InChI is InChI=1S/C18H16ClN3O3S2/c1-21-6-5-12-13(8-21)27-16-15(12)17(25)22(11-4-2-3-10(19)7-11)18(20-16)26-9-14(23)24/h2-4,7H,5-6,8-9H2,1H3,(H,23,24). The Hall–Kier alpha value is -1.87. The predicted molar refractivity (Wildman–Crippen MR) is 109 cm³/mol. The Labute approximate surface area is 168 Å². The molecule has 140 valence electrons. The number of halogens is 1. The molecule has 2 aromatic heterocycles. The lowest BCUT2D eigenvalue weighted by Crippen LogP contribution is -2.27. The Balaban J connectivity index is 1.97. The molecule has 0 aliphatic carbocycles. The van der Waals surface area contributed by atoms with Crippen molar-refractivity contribution in [3.8, 4) is 5.69 Å². The summed E-state index contributed by atoms with van der Waals surface area (Å²) in [5, 5.41) is 10.6. The zero-order valence-corrected chi connectivity index (χ0v) is 16.8. The molecule has 0 amide bonds. The Bertz CT molecular complexity index is 1110. The van der Waals surface area contributed by atoms with Crippen LogP contribution >= 0.6 is 34.7 Å². The minimum atomic E-state index is -0.959. The summed E-state index contributed by atoms with van der Waals surface area (Å²) in [4.78, 5) is 33.2. The van der Waals surface area contributed by atoms with Crippen LogP contribution in [0.3, 0.4) is 0 Å². The SMILES string of the molecule is CN1CCc2c(sc3nc(SCC(=O)O)n(-c4cccc(Cl)c4)c(=O)c23)C1. The number of likely N-dealkylation sites (N-methyl/N-ethyl adjacent to an activating group) is 1. The van der Waals surface area contributed by atoms with Gasteiger partial charge < -0.3 is 10.0 Å². The number of benzene rings is 1. The van der Waals surface area contributed by atoms with E-state index in [1.54, 1.807) is 24.3 Å². The second-order valence-corrected chi connectivity index (χ2v) is 8.83. The third-order valence-electron chi connectivity index (χ3n) is 4.43. The summed E-state index contributed by atoms with van der Waals surface area (Å²) < 4.78 is 1.48. The molecule has 1 aromatic carbocycles. The van der Waals surface area contributed by atoms with E-state index in [0.717, 1.165) is 41.7 Å². The van der Waals surface area contributed by atoms with Crippen molar-refractivity contribution < 1.29 is 9.90 Å². The molecule has 9 heteroatoms. The third-order valence-corrected chi connectivity index (χ3v) is 6.69. The lowest BCUT2D eigenvalue weighted by molar-refractivity contribution is -0.133. The summed E-state index contributed by atoms with van der Waals surface area (Å²) in [6.07, 6.45) is 0.805. The quantitative estimate of drug-likeness (QED) is 0.514. The van der Waals surface area contributed by atoms with Gasteiger partial charge in [0.2, 0.25) is 0 Å². The number of thiophene rings is 1. The van der Waals surface area contributed by atoms with Gasteiger partial charge in [0.1, 0.15) is 4.83 Å². The Morgan fingerprint density at radius 2 is 2.26 bits per heavy atom. The highest BCUT2D eigenvalue weighted by molar-refractivity contribution is 7.99. The number of thioether (sulfide) groups is 1. The summed E-state index contributed by atoms with van der Waals surface area (Å²) >= 11 is 8.67. The fourth-order valence-electron chi connectivity index (χ4n) is 3.22. The number of aromatic nitrogens is 2. The molecule has 4 rings (SSSR count). The first kappa shape index (κ1) is 18.5. The van der Waals surface area contributed by atoms with Crippen LogP contribution < -0.4 is 5.56 Å². The molecule has 1 aliphatic heterocycles. The van der Waals surface area contributed by atoms with Gasteiger partial charge in [-0.05, 0) is 37.2 Å². The van der Waals surface area contributed by atoms with Crippen LogP contribution in [-0.4, -0.2) is 44.9 Å². The van der Waals surface area contributed by atoms with Gasteiger partial charge in [-0.3, -0.25) is 14.2 Å². The molecule has 0 fully saturated rings. The van der Waals surface area contributed by atoms with Crippen LogP contribution in [0.5, 0.6) is 0 Å². The van der Waals surface area contributed by atoms with Crippen LogP contribution in [0, 0.1) is 0 Å². The highest BCUT2D eigenvalue weighted by Gasteiger charge is 2.24. The van der Waals surface area contributed by atoms with Crippen molar-refractivity contribution in [2.24, 2.45) is 0 Å². The molecule has 0 unspecified atom stereocenters. The molecule has 0 atom stereocenters. The highest BCUT2D eigenvalue weighted by atomic mass is 35.5. The molecule has 1 N–H and O–H groups in total. The van der Waals surface area contributed by atoms with Crippen molar-refractivity contribution in [3.63, 3.8) is 0 Å². The van der Waals surface area contributed by atoms with Gasteiger partial charge >= 0.3 is 5.97 Å². The Morgan fingerprint density at radius 3 is 3.00 bits per heavy atom. The number of hydrogen-bond acceptors (Lipinski definition) is 6. The van der Waals surface area contributed by atoms with Crippen molar-refractivity contribution in [1.29, 1.82) is 0 Å². The van der Waals surface area contributed by atoms with Gasteiger partial charge in [0, 0.05) is 23.0 Å². The van der Waals surface area contributed by atoms with Crippen molar-refractivity contribution in [2.45, 2.75) is 18.1 Å². The molecule has 27 heavy (non-hydrogen) atoms. The first-order chi connectivity index (χ1) is 12.9. The summed E-state index contributed by atoms with van der Waals surface area (Å²) in [6, 6.07) is 6.96. The fraction of sp³-hybridized carbons (Fsp3) is 0.278. The molecule has 3 heterocycles. The van der Waals surface area contributed by atoms with E-state index in [9.17, 15) is 9.59 Å². The molecule has 0 radical (unpaired) electrons. The second-order valence-electron chi connectivity index (χ2n) is 6.37. The average Bonchev–Trinajstić information content (AvgIpc) is 2.97. The lowest BCUT2D eigenvalue weighted by atomic mass is 10.1. The van der Waals surface area contributed by atoms with Gasteiger partial charge in [-0.2, -0.15) is 0 Å². The average molecular weight is 422 g/mol. The van der Waals surface area contributed by atoms with Crippen LogP contribution in [0.4, 0.5) is 0 Å². The van der Waals surface area contributed by atoms with Crippen LogP contribution in [-0.2, 0) is 17.8 Å². The first-order valence-electron chi connectivity index (χ1n) is 8.30. The predicted octanol–water partition coefficient (Wildman–Crippen LogP) is 3.27. The largest absolute Gasteiger partial charge is 0.481 e. The summed E-state index contributed by atoms with van der Waals surface area (Å²) in [7, 11) is 2.05. The molecule has 0 bridgehead atoms. The van der Waals surface area contributed by atoms with Crippen LogP contribution in [0.2, 0.25) is 5.02 Å². The summed E-state index contributed by atoms with van der Waals surface area (Å²) in [6.45, 7) is 1.69. The van der Waals surface area contributed by atoms with E-state index in [0.29, 0.717) is 26.1 Å². The number of fused-ring (bicyclic) bond motifs is 3. The summed E-state index contributed by atoms with van der Waals surface area (Å²) in [5.74, 6) is -1.13. The van der Waals surface area contributed by atoms with Crippen molar-refractivity contribution in [1.82, 2.24) is 14.5 Å². The zero-order valence-electron chi connectivity index (χ0n) is 14.4. The number of nitrogens with zero attached hydrogens (tertiary/aromatic N) is 3. The lowest BCUT2D eigenvalue weighted by Gasteiger charge is -2.21. The van der Waals surface area contributed by atoms with Crippen LogP contribution in [0.1, 0.15) is 10.4 Å². The van der Waals surface area contributed by atoms with Crippen molar-refractivity contribution in [3.05, 3.63) is 50.1 Å². The topological polar surface area (TPSA) is 75.4 Å². The fourth-order valence-corrected chi connectivity index (χ4v) is 5.48. The van der Waals surface area contributed by atoms with Gasteiger partial charge in [0.05, 0.1) is 16.8 Å². The monoisotopic (exact) mass is 421 g/mol. The Kier molecular flexibility index (Phi) is 4.98. The minimum Gasteiger partial charge on any atom is -0.481 e. The number of carboxylic acids is 1. The number of rotatable bonds is 4. The van der Waals surface area contributed by atoms with Crippen LogP contribution in [0.15, 0.2) is 34.2 Å². The second kappa shape index (κ2) is 7.27. The number of hydrogen-bond donors (Lipinski definition) is 1. The zero-order chi connectivity index (χ0) is 19.1. The van der Waals surface area contributed by atoms with E-state index in [4.69, 9.17) is 16.7 Å². The molecule has 0 spiro atoms. The normalized spacial score (nSPS) is 14.4. The van der Waals surface area contributed by atoms with E-state index in [1.165, 1.54) is 15.9 Å². The maximum atomic E-state index is 13.4. The molecular formula is C18H16ClN3O3S2. The van der Waals surface area contributed by atoms with Gasteiger partial charge in [0.25, 0.3) is 5.56 Å². The van der Waals surface area contributed by atoms with E-state index in [1.807, 2.05) is 0 Å². The third kappa shape index (κ3) is 3.50. The smallest absolute Gasteiger partial charge is 0.313 e. The van der Waals surface area contributed by atoms with Crippen molar-refractivity contribution >= 4 is 50.9 Å². The maximum absolute atomic E-state index is 13.4. The van der Waals surface area contributed by atoms with Crippen molar-refractivity contribution in [2.75, 3.05) is 19.3 Å². The van der Waals surface area contributed by atoms with E-state index in [-0.39, 0.29) is 11.3 Å². The number of carboxylic acid groups (broad SMARTS) is 1.